The number of methoxy groups -OCH3 is 1. The average molecular weight is 449 g/mol. The third-order valence-corrected chi connectivity index (χ3v) is 5.91. The van der Waals surface area contributed by atoms with Gasteiger partial charge in [-0.25, -0.2) is 13.2 Å². The highest BCUT2D eigenvalue weighted by atomic mass is 19.3. The van der Waals surface area contributed by atoms with Crippen molar-refractivity contribution in [1.29, 1.82) is 0 Å². The molecule has 1 fully saturated rings. The highest BCUT2D eigenvalue weighted by molar-refractivity contribution is 6.03. The first-order valence-electron chi connectivity index (χ1n) is 9.84. The summed E-state index contributed by atoms with van der Waals surface area (Å²) >= 11 is 0. The third-order valence-electron chi connectivity index (χ3n) is 5.91. The Morgan fingerprint density at radius 3 is 2.69 bits per heavy atom. The van der Waals surface area contributed by atoms with Crippen LogP contribution in [-0.4, -0.2) is 28.9 Å². The van der Waals surface area contributed by atoms with Gasteiger partial charge >= 0.3 is 0 Å². The first kappa shape index (κ1) is 21.8. The molecule has 2 atom stereocenters. The Hall–Kier alpha value is -3.43. The van der Waals surface area contributed by atoms with E-state index in [9.17, 15) is 27.2 Å². The van der Waals surface area contributed by atoms with Crippen LogP contribution in [0.5, 0.6) is 5.75 Å². The first-order chi connectivity index (χ1) is 15.1. The predicted molar refractivity (Wildman–Crippen MR) is 108 cm³/mol. The molecule has 4 rings (SSSR count). The Kier molecular flexibility index (Phi) is 5.39. The Balaban J connectivity index is 1.89. The normalized spacial score (nSPS) is 20.3. The van der Waals surface area contributed by atoms with Gasteiger partial charge in [0.25, 0.3) is 5.91 Å². The lowest BCUT2D eigenvalue weighted by Crippen LogP contribution is -2.31. The van der Waals surface area contributed by atoms with Gasteiger partial charge in [0, 0.05) is 42.3 Å². The van der Waals surface area contributed by atoms with Crippen LogP contribution in [0.3, 0.4) is 0 Å². The van der Waals surface area contributed by atoms with Crippen molar-refractivity contribution in [3.05, 3.63) is 69.3 Å². The predicted octanol–water partition coefficient (Wildman–Crippen LogP) is 4.00. The third kappa shape index (κ3) is 3.69. The van der Waals surface area contributed by atoms with Crippen molar-refractivity contribution in [1.82, 2.24) is 9.97 Å². The molecule has 0 aliphatic heterocycles. The molecule has 1 aliphatic rings. The number of aromatic amines is 1. The van der Waals surface area contributed by atoms with E-state index >= 15 is 0 Å². The highest BCUT2D eigenvalue weighted by Gasteiger charge is 2.44. The molecule has 1 saturated carbocycles. The Bertz CT molecular complexity index is 1280. The minimum atomic E-state index is -3.02. The van der Waals surface area contributed by atoms with E-state index in [-0.39, 0.29) is 40.0 Å². The zero-order chi connectivity index (χ0) is 23.2. The van der Waals surface area contributed by atoms with Crippen LogP contribution in [0.1, 0.15) is 52.8 Å². The maximum atomic E-state index is 14.4. The summed E-state index contributed by atoms with van der Waals surface area (Å²) in [6, 6.07) is 4.79. The molecule has 1 aromatic carbocycles. The van der Waals surface area contributed by atoms with Crippen molar-refractivity contribution in [2.24, 2.45) is 5.73 Å². The molecule has 10 heteroatoms. The molecule has 168 valence electrons. The number of nitrogens with two attached hydrogens (primary N) is 1. The standard InChI is InChI=1S/C22H19F4N3O3/c1-32-20-11(2-3-13(23)18(20)24)10-4-6-22(25,26)9-12(10)15-8-16(30)17-14(29-15)5-7-28-19(17)21(27)31/h2-3,5,7-8,10,12H,4,6,9H2,1H3,(H2,27,31)(H,29,30). The maximum absolute atomic E-state index is 14.4. The lowest BCUT2D eigenvalue weighted by Gasteiger charge is -2.37. The second-order valence-electron chi connectivity index (χ2n) is 7.83. The summed E-state index contributed by atoms with van der Waals surface area (Å²) in [5, 5.41) is -0.0479. The summed E-state index contributed by atoms with van der Waals surface area (Å²) in [5.41, 5.74) is 5.07. The number of nitrogens with zero attached hydrogens (tertiary/aromatic N) is 1. The Morgan fingerprint density at radius 1 is 1.25 bits per heavy atom. The fourth-order valence-electron chi connectivity index (χ4n) is 4.49. The number of amides is 1. The molecule has 1 amide bonds. The van der Waals surface area contributed by atoms with Crippen molar-refractivity contribution in [2.45, 2.75) is 37.0 Å². The van der Waals surface area contributed by atoms with Crippen molar-refractivity contribution >= 4 is 16.8 Å². The summed E-state index contributed by atoms with van der Waals surface area (Å²) in [6.45, 7) is 0. The van der Waals surface area contributed by atoms with Crippen LogP contribution in [0.25, 0.3) is 10.9 Å². The molecule has 0 saturated heterocycles. The van der Waals surface area contributed by atoms with Crippen molar-refractivity contribution < 1.29 is 27.1 Å². The number of pyridine rings is 2. The molecule has 0 bridgehead atoms. The summed E-state index contributed by atoms with van der Waals surface area (Å²) in [7, 11) is 1.17. The van der Waals surface area contributed by atoms with Gasteiger partial charge in [0.1, 0.15) is 5.69 Å². The van der Waals surface area contributed by atoms with Gasteiger partial charge in [-0.3, -0.25) is 14.6 Å². The number of primary amides is 1. The number of H-pyrrole nitrogens is 1. The smallest absolute Gasteiger partial charge is 0.268 e. The van der Waals surface area contributed by atoms with E-state index in [0.29, 0.717) is 0 Å². The largest absolute Gasteiger partial charge is 0.493 e. The Morgan fingerprint density at radius 2 is 2.00 bits per heavy atom. The number of ether oxygens (including phenoxy) is 1. The number of halogens is 4. The van der Waals surface area contributed by atoms with Gasteiger partial charge in [-0.2, -0.15) is 4.39 Å². The number of aromatic nitrogens is 2. The second kappa shape index (κ2) is 7.92. The summed E-state index contributed by atoms with van der Waals surface area (Å²) < 4.78 is 61.9. The number of fused-ring (bicyclic) bond motifs is 1. The van der Waals surface area contributed by atoms with Gasteiger partial charge in [0.15, 0.2) is 17.0 Å². The first-order valence-corrected chi connectivity index (χ1v) is 9.84. The molecule has 3 N–H and O–H groups in total. The molecular weight excluding hydrogens is 430 g/mol. The molecular formula is C22H19F4N3O3. The molecule has 2 aromatic heterocycles. The molecule has 2 heterocycles. The SMILES string of the molecule is COc1c(C2CCC(F)(F)CC2c2cc(=O)c3c(C(N)=O)nccc3[nH]2)ccc(F)c1F. The second-order valence-corrected chi connectivity index (χ2v) is 7.83. The number of carbonyl (C=O) groups excluding carboxylic acids is 1. The maximum Gasteiger partial charge on any atom is 0.268 e. The van der Waals surface area contributed by atoms with Gasteiger partial charge in [-0.15, -0.1) is 0 Å². The van der Waals surface area contributed by atoms with Gasteiger partial charge in [0.05, 0.1) is 18.0 Å². The summed E-state index contributed by atoms with van der Waals surface area (Å²) in [4.78, 5) is 31.2. The van der Waals surface area contributed by atoms with E-state index in [4.69, 9.17) is 10.5 Å². The molecule has 2 unspecified atom stereocenters. The summed E-state index contributed by atoms with van der Waals surface area (Å²) in [5.74, 6) is -8.20. The van der Waals surface area contributed by atoms with Gasteiger partial charge in [0.2, 0.25) is 11.7 Å². The Labute approximate surface area is 179 Å². The lowest BCUT2D eigenvalue weighted by molar-refractivity contribution is -0.0466. The molecule has 3 aromatic rings. The number of hydrogen-bond acceptors (Lipinski definition) is 4. The van der Waals surface area contributed by atoms with Gasteiger partial charge in [-0.05, 0) is 24.5 Å². The summed E-state index contributed by atoms with van der Waals surface area (Å²) in [6.07, 6.45) is 0.161. The number of alkyl halides is 2. The highest BCUT2D eigenvalue weighted by Crippen LogP contribution is 2.51. The minimum absolute atomic E-state index is 0.0396. The van der Waals surface area contributed by atoms with E-state index in [1.54, 1.807) is 0 Å². The fourth-order valence-corrected chi connectivity index (χ4v) is 4.49. The van der Waals surface area contributed by atoms with E-state index in [1.807, 2.05) is 0 Å². The van der Waals surface area contributed by atoms with Crippen LogP contribution >= 0.6 is 0 Å². The van der Waals surface area contributed by atoms with Crippen LogP contribution in [0.15, 0.2) is 35.3 Å². The van der Waals surface area contributed by atoms with Gasteiger partial charge in [-0.1, -0.05) is 6.07 Å². The topological polar surface area (TPSA) is 98.1 Å². The fraction of sp³-hybridized carbons (Fsp3) is 0.318. The van der Waals surface area contributed by atoms with Crippen LogP contribution in [-0.2, 0) is 0 Å². The van der Waals surface area contributed by atoms with E-state index in [0.717, 1.165) is 12.1 Å². The number of hydrogen-bond donors (Lipinski definition) is 2. The quantitative estimate of drug-likeness (QED) is 0.589. The van der Waals surface area contributed by atoms with Crippen LogP contribution in [0, 0.1) is 11.6 Å². The zero-order valence-electron chi connectivity index (χ0n) is 16.9. The number of rotatable bonds is 4. The van der Waals surface area contributed by atoms with E-state index in [2.05, 4.69) is 9.97 Å². The van der Waals surface area contributed by atoms with Crippen LogP contribution in [0.4, 0.5) is 17.6 Å². The monoisotopic (exact) mass is 449 g/mol. The minimum Gasteiger partial charge on any atom is -0.493 e. The van der Waals surface area contributed by atoms with Crippen molar-refractivity contribution in [3.8, 4) is 5.75 Å². The average Bonchev–Trinajstić information content (AvgIpc) is 2.74. The lowest BCUT2D eigenvalue weighted by atomic mass is 9.72. The van der Waals surface area contributed by atoms with Crippen LogP contribution < -0.4 is 15.9 Å². The number of carbonyl (C=O) groups is 1. The van der Waals surface area contributed by atoms with Crippen molar-refractivity contribution in [2.75, 3.05) is 7.11 Å². The van der Waals surface area contributed by atoms with E-state index in [1.165, 1.54) is 25.4 Å². The number of benzene rings is 1. The molecule has 6 nitrogen and oxygen atoms in total. The molecule has 32 heavy (non-hydrogen) atoms. The van der Waals surface area contributed by atoms with Crippen molar-refractivity contribution in [3.63, 3.8) is 0 Å². The molecule has 0 radical (unpaired) electrons. The molecule has 0 spiro atoms. The number of nitrogens with one attached hydrogen (secondary N) is 1. The molecule has 1 aliphatic carbocycles. The zero-order valence-corrected chi connectivity index (χ0v) is 16.9. The van der Waals surface area contributed by atoms with Crippen LogP contribution in [0.2, 0.25) is 0 Å². The van der Waals surface area contributed by atoms with E-state index < -0.39 is 53.6 Å². The van der Waals surface area contributed by atoms with Gasteiger partial charge < -0.3 is 15.5 Å².